The van der Waals surface area contributed by atoms with Crippen molar-refractivity contribution in [2.75, 3.05) is 7.11 Å². The Balaban J connectivity index is 2.41. The second-order valence-electron chi connectivity index (χ2n) is 3.23. The van der Waals surface area contributed by atoms with Gasteiger partial charge in [0.2, 0.25) is 0 Å². The summed E-state index contributed by atoms with van der Waals surface area (Å²) >= 11 is 2.29. The molecule has 0 N–H and O–H groups in total. The van der Waals surface area contributed by atoms with Crippen LogP contribution in [0.1, 0.15) is 0 Å². The first-order chi connectivity index (χ1) is 7.20. The molecule has 1 heterocycles. The molecule has 2 rings (SSSR count). The first kappa shape index (κ1) is 10.5. The number of ether oxygens (including phenoxy) is 1. The largest absolute Gasteiger partial charge is 0.497 e. The van der Waals surface area contributed by atoms with Crippen molar-refractivity contribution in [2.24, 2.45) is 7.05 Å². The molecule has 0 aliphatic heterocycles. The van der Waals surface area contributed by atoms with E-state index in [1.54, 1.807) is 7.11 Å². The third kappa shape index (κ3) is 2.14. The summed E-state index contributed by atoms with van der Waals surface area (Å²) in [4.78, 5) is 0. The lowest BCUT2D eigenvalue weighted by atomic mass is 10.1. The predicted molar refractivity (Wildman–Crippen MR) is 67.9 cm³/mol. The van der Waals surface area contributed by atoms with Gasteiger partial charge in [-0.3, -0.25) is 4.68 Å². The highest BCUT2D eigenvalue weighted by Crippen LogP contribution is 2.24. The molecular weight excluding hydrogens is 303 g/mol. The minimum Gasteiger partial charge on any atom is -0.497 e. The molecule has 0 spiro atoms. The second kappa shape index (κ2) is 4.22. The van der Waals surface area contributed by atoms with E-state index in [0.717, 1.165) is 20.6 Å². The maximum Gasteiger partial charge on any atom is 0.118 e. The van der Waals surface area contributed by atoms with Gasteiger partial charge in [-0.2, -0.15) is 5.10 Å². The molecule has 1 aromatic heterocycles. The van der Waals surface area contributed by atoms with Crippen LogP contribution >= 0.6 is 22.6 Å². The van der Waals surface area contributed by atoms with E-state index in [0.29, 0.717) is 0 Å². The number of hydrogen-bond donors (Lipinski definition) is 0. The molecule has 0 amide bonds. The van der Waals surface area contributed by atoms with Crippen molar-refractivity contribution in [1.82, 2.24) is 9.78 Å². The molecule has 1 aromatic carbocycles. The van der Waals surface area contributed by atoms with Gasteiger partial charge >= 0.3 is 0 Å². The van der Waals surface area contributed by atoms with E-state index >= 15 is 0 Å². The average molecular weight is 314 g/mol. The fourth-order valence-corrected chi connectivity index (χ4v) is 2.23. The third-order valence-corrected chi connectivity index (χ3v) is 2.94. The third-order valence-electron chi connectivity index (χ3n) is 2.15. The summed E-state index contributed by atoms with van der Waals surface area (Å²) in [6, 6.07) is 7.92. The predicted octanol–water partition coefficient (Wildman–Crippen LogP) is 2.70. The lowest BCUT2D eigenvalue weighted by molar-refractivity contribution is 0.415. The molecule has 0 atom stereocenters. The van der Waals surface area contributed by atoms with Gasteiger partial charge in [0.25, 0.3) is 0 Å². The first-order valence-corrected chi connectivity index (χ1v) is 5.62. The quantitative estimate of drug-likeness (QED) is 0.797. The molecule has 2 aromatic rings. The summed E-state index contributed by atoms with van der Waals surface area (Å²) in [5.74, 6) is 0.865. The van der Waals surface area contributed by atoms with Crippen molar-refractivity contribution < 1.29 is 4.74 Å². The Morgan fingerprint density at radius 2 is 1.93 bits per heavy atom. The number of nitrogens with zero attached hydrogens (tertiary/aromatic N) is 2. The van der Waals surface area contributed by atoms with Gasteiger partial charge in [0.1, 0.15) is 11.4 Å². The van der Waals surface area contributed by atoms with Gasteiger partial charge in [0, 0.05) is 18.8 Å². The van der Waals surface area contributed by atoms with Crippen molar-refractivity contribution in [3.05, 3.63) is 34.0 Å². The van der Waals surface area contributed by atoms with E-state index in [4.69, 9.17) is 4.74 Å². The number of aryl methyl sites for hydroxylation is 1. The number of halogens is 1. The van der Waals surface area contributed by atoms with Crippen LogP contribution in [0.3, 0.4) is 0 Å². The van der Waals surface area contributed by atoms with Crippen molar-refractivity contribution in [2.45, 2.75) is 0 Å². The average Bonchev–Trinajstić information content (AvgIpc) is 2.58. The van der Waals surface area contributed by atoms with Gasteiger partial charge in [0.15, 0.2) is 0 Å². The second-order valence-corrected chi connectivity index (χ2v) is 4.39. The minimum absolute atomic E-state index is 0.865. The smallest absolute Gasteiger partial charge is 0.118 e. The van der Waals surface area contributed by atoms with Gasteiger partial charge < -0.3 is 4.74 Å². The Hall–Kier alpha value is -1.04. The van der Waals surface area contributed by atoms with Crippen molar-refractivity contribution in [3.63, 3.8) is 0 Å². The highest BCUT2D eigenvalue weighted by molar-refractivity contribution is 14.1. The van der Waals surface area contributed by atoms with E-state index in [-0.39, 0.29) is 0 Å². The van der Waals surface area contributed by atoms with Crippen LogP contribution in [0.25, 0.3) is 11.3 Å². The van der Waals surface area contributed by atoms with Gasteiger partial charge in [-0.1, -0.05) is 0 Å². The van der Waals surface area contributed by atoms with Crippen LogP contribution < -0.4 is 4.74 Å². The van der Waals surface area contributed by atoms with Crippen molar-refractivity contribution in [1.29, 1.82) is 0 Å². The Morgan fingerprint density at radius 3 is 2.40 bits per heavy atom. The van der Waals surface area contributed by atoms with Crippen LogP contribution in [0.15, 0.2) is 30.5 Å². The molecule has 4 heteroatoms. The fraction of sp³-hybridized carbons (Fsp3) is 0.182. The highest BCUT2D eigenvalue weighted by Gasteiger charge is 2.07. The molecule has 0 aliphatic carbocycles. The monoisotopic (exact) mass is 314 g/mol. The summed E-state index contributed by atoms with van der Waals surface area (Å²) in [6.07, 6.45) is 2.00. The van der Waals surface area contributed by atoms with E-state index < -0.39 is 0 Å². The SMILES string of the molecule is COc1ccc(-c2nn(C)cc2I)cc1. The number of benzene rings is 1. The molecule has 0 fully saturated rings. The van der Waals surface area contributed by atoms with Crippen LogP contribution in [0, 0.1) is 3.57 Å². The summed E-state index contributed by atoms with van der Waals surface area (Å²) < 4.78 is 8.09. The maximum absolute atomic E-state index is 5.11. The number of aromatic nitrogens is 2. The lowest BCUT2D eigenvalue weighted by Crippen LogP contribution is -1.88. The molecular formula is C11H11IN2O. The fourth-order valence-electron chi connectivity index (χ4n) is 1.40. The van der Waals surface area contributed by atoms with Crippen LogP contribution in [0.2, 0.25) is 0 Å². The standard InChI is InChI=1S/C11H11IN2O/c1-14-7-10(12)11(13-14)8-3-5-9(15-2)6-4-8/h3-7H,1-2H3. The Kier molecular flexibility index (Phi) is 2.95. The van der Waals surface area contributed by atoms with E-state index in [1.165, 1.54) is 0 Å². The minimum atomic E-state index is 0.865. The van der Waals surface area contributed by atoms with E-state index in [2.05, 4.69) is 27.7 Å². The van der Waals surface area contributed by atoms with Crippen LogP contribution in [-0.4, -0.2) is 16.9 Å². The zero-order chi connectivity index (χ0) is 10.8. The van der Waals surface area contributed by atoms with Gasteiger partial charge in [-0.05, 0) is 46.9 Å². The van der Waals surface area contributed by atoms with E-state index in [1.807, 2.05) is 42.2 Å². The van der Waals surface area contributed by atoms with Crippen LogP contribution in [-0.2, 0) is 7.05 Å². The van der Waals surface area contributed by atoms with Crippen LogP contribution in [0.5, 0.6) is 5.75 Å². The summed E-state index contributed by atoms with van der Waals surface area (Å²) in [7, 11) is 3.59. The Bertz CT molecular complexity index is 462. The van der Waals surface area contributed by atoms with Gasteiger partial charge in [-0.15, -0.1) is 0 Å². The molecule has 0 aliphatic rings. The molecule has 78 valence electrons. The van der Waals surface area contributed by atoms with Crippen molar-refractivity contribution in [3.8, 4) is 17.0 Å². The maximum atomic E-state index is 5.11. The normalized spacial score (nSPS) is 10.3. The lowest BCUT2D eigenvalue weighted by Gasteiger charge is -2.01. The zero-order valence-corrected chi connectivity index (χ0v) is 10.7. The molecule has 0 saturated heterocycles. The first-order valence-electron chi connectivity index (χ1n) is 4.54. The number of methoxy groups -OCH3 is 1. The van der Waals surface area contributed by atoms with E-state index in [9.17, 15) is 0 Å². The molecule has 3 nitrogen and oxygen atoms in total. The van der Waals surface area contributed by atoms with Gasteiger partial charge in [0.05, 0.1) is 10.7 Å². The topological polar surface area (TPSA) is 27.1 Å². The molecule has 0 unspecified atom stereocenters. The molecule has 15 heavy (non-hydrogen) atoms. The molecule has 0 bridgehead atoms. The summed E-state index contributed by atoms with van der Waals surface area (Å²) in [5.41, 5.74) is 2.13. The number of hydrogen-bond acceptors (Lipinski definition) is 2. The summed E-state index contributed by atoms with van der Waals surface area (Å²) in [5, 5.41) is 4.40. The van der Waals surface area contributed by atoms with Crippen molar-refractivity contribution >= 4 is 22.6 Å². The summed E-state index contributed by atoms with van der Waals surface area (Å²) in [6.45, 7) is 0. The van der Waals surface area contributed by atoms with Crippen LogP contribution in [0.4, 0.5) is 0 Å². The molecule has 0 saturated carbocycles. The number of rotatable bonds is 2. The van der Waals surface area contributed by atoms with Gasteiger partial charge in [-0.25, -0.2) is 0 Å². The Morgan fingerprint density at radius 1 is 1.27 bits per heavy atom. The highest BCUT2D eigenvalue weighted by atomic mass is 127. The zero-order valence-electron chi connectivity index (χ0n) is 8.57. The Labute approximate surface area is 102 Å². The molecule has 0 radical (unpaired) electrons.